The Labute approximate surface area is 140 Å². The van der Waals surface area contributed by atoms with Crippen molar-refractivity contribution in [1.82, 2.24) is 5.32 Å². The first-order chi connectivity index (χ1) is 10.7. The standard InChI is InChI=1S/C18H19ClN2S/c19-11-5-6-18-14(9-11)16(7-8-22-18)21-17-10-15(20)12-3-1-2-4-13(12)17/h1-6,9,15-17,21H,7-8,10,20H2. The van der Waals surface area contributed by atoms with E-state index < -0.39 is 0 Å². The Morgan fingerprint density at radius 2 is 1.86 bits per heavy atom. The first kappa shape index (κ1) is 14.6. The van der Waals surface area contributed by atoms with Crippen molar-refractivity contribution in [2.24, 2.45) is 5.73 Å². The molecule has 114 valence electrons. The number of nitrogens with two attached hydrogens (primary N) is 1. The highest BCUT2D eigenvalue weighted by molar-refractivity contribution is 7.99. The molecule has 2 aliphatic rings. The molecule has 3 unspecified atom stereocenters. The molecule has 2 aromatic carbocycles. The molecule has 22 heavy (non-hydrogen) atoms. The van der Waals surface area contributed by atoms with E-state index in [1.165, 1.54) is 21.6 Å². The zero-order valence-electron chi connectivity index (χ0n) is 12.3. The van der Waals surface area contributed by atoms with Crippen LogP contribution in [-0.2, 0) is 0 Å². The zero-order chi connectivity index (χ0) is 15.1. The molecule has 0 bridgehead atoms. The quantitative estimate of drug-likeness (QED) is 0.844. The van der Waals surface area contributed by atoms with Gasteiger partial charge >= 0.3 is 0 Å². The summed E-state index contributed by atoms with van der Waals surface area (Å²) in [7, 11) is 0. The van der Waals surface area contributed by atoms with Crippen molar-refractivity contribution in [2.45, 2.75) is 35.9 Å². The van der Waals surface area contributed by atoms with E-state index >= 15 is 0 Å². The van der Waals surface area contributed by atoms with Gasteiger partial charge in [-0.25, -0.2) is 0 Å². The normalized spacial score (nSPS) is 26.5. The highest BCUT2D eigenvalue weighted by Gasteiger charge is 2.31. The lowest BCUT2D eigenvalue weighted by Gasteiger charge is -2.29. The molecule has 0 radical (unpaired) electrons. The molecule has 4 rings (SSSR count). The van der Waals surface area contributed by atoms with Crippen molar-refractivity contribution in [2.75, 3.05) is 5.75 Å². The molecular weight excluding hydrogens is 312 g/mol. The molecule has 0 amide bonds. The lowest BCUT2D eigenvalue weighted by atomic mass is 10.0. The van der Waals surface area contributed by atoms with Crippen LogP contribution in [0.15, 0.2) is 47.4 Å². The van der Waals surface area contributed by atoms with Gasteiger partial charge in [0, 0.05) is 28.0 Å². The Bertz CT molecular complexity index is 703. The fraction of sp³-hybridized carbons (Fsp3) is 0.333. The third kappa shape index (κ3) is 2.56. The van der Waals surface area contributed by atoms with Gasteiger partial charge in [0.15, 0.2) is 0 Å². The Morgan fingerprint density at radius 1 is 1.05 bits per heavy atom. The number of hydrogen-bond donors (Lipinski definition) is 2. The minimum atomic E-state index is 0.144. The van der Waals surface area contributed by atoms with Crippen LogP contribution in [0, 0.1) is 0 Å². The molecule has 0 aromatic heterocycles. The van der Waals surface area contributed by atoms with Gasteiger partial charge in [-0.2, -0.15) is 0 Å². The van der Waals surface area contributed by atoms with Crippen LogP contribution in [0.5, 0.6) is 0 Å². The third-order valence-electron chi connectivity index (χ3n) is 4.67. The monoisotopic (exact) mass is 330 g/mol. The number of benzene rings is 2. The largest absolute Gasteiger partial charge is 0.324 e. The number of rotatable bonds is 2. The Kier molecular flexibility index (Phi) is 3.91. The minimum Gasteiger partial charge on any atom is -0.324 e. The molecule has 0 saturated carbocycles. The van der Waals surface area contributed by atoms with Gasteiger partial charge < -0.3 is 11.1 Å². The fourth-order valence-corrected chi connectivity index (χ4v) is 4.90. The second kappa shape index (κ2) is 5.89. The molecule has 1 aliphatic heterocycles. The summed E-state index contributed by atoms with van der Waals surface area (Å²) in [5.41, 5.74) is 10.3. The van der Waals surface area contributed by atoms with Crippen LogP contribution in [0.4, 0.5) is 0 Å². The van der Waals surface area contributed by atoms with E-state index in [1.807, 2.05) is 17.8 Å². The summed E-state index contributed by atoms with van der Waals surface area (Å²) in [5, 5.41) is 4.65. The topological polar surface area (TPSA) is 38.0 Å². The van der Waals surface area contributed by atoms with Crippen LogP contribution < -0.4 is 11.1 Å². The van der Waals surface area contributed by atoms with E-state index in [2.05, 4.69) is 41.7 Å². The maximum Gasteiger partial charge on any atom is 0.0410 e. The van der Waals surface area contributed by atoms with Gasteiger partial charge in [-0.3, -0.25) is 0 Å². The van der Waals surface area contributed by atoms with E-state index in [1.54, 1.807) is 0 Å². The van der Waals surface area contributed by atoms with Gasteiger partial charge in [-0.05, 0) is 53.5 Å². The Hall–Kier alpha value is -1.00. The molecule has 3 atom stereocenters. The maximum absolute atomic E-state index is 6.30. The van der Waals surface area contributed by atoms with E-state index in [-0.39, 0.29) is 6.04 Å². The molecule has 0 spiro atoms. The van der Waals surface area contributed by atoms with Crippen LogP contribution in [0.25, 0.3) is 0 Å². The predicted octanol–water partition coefficient (Wildman–Crippen LogP) is 4.61. The summed E-state index contributed by atoms with van der Waals surface area (Å²) >= 11 is 8.13. The summed E-state index contributed by atoms with van der Waals surface area (Å²) < 4.78 is 0. The molecule has 1 aliphatic carbocycles. The van der Waals surface area contributed by atoms with Crippen LogP contribution in [0.1, 0.15) is 47.7 Å². The predicted molar refractivity (Wildman–Crippen MR) is 93.4 cm³/mol. The third-order valence-corrected chi connectivity index (χ3v) is 6.03. The second-order valence-corrected chi connectivity index (χ2v) is 7.64. The lowest BCUT2D eigenvalue weighted by molar-refractivity contribution is 0.414. The van der Waals surface area contributed by atoms with Crippen LogP contribution >= 0.6 is 23.4 Å². The van der Waals surface area contributed by atoms with Gasteiger partial charge in [0.05, 0.1) is 0 Å². The molecule has 2 aromatic rings. The molecule has 1 heterocycles. The lowest BCUT2D eigenvalue weighted by Crippen LogP contribution is -2.28. The first-order valence-corrected chi connectivity index (χ1v) is 9.11. The van der Waals surface area contributed by atoms with Crippen LogP contribution in [0.2, 0.25) is 5.02 Å². The molecule has 4 heteroatoms. The summed E-state index contributed by atoms with van der Waals surface area (Å²) in [4.78, 5) is 1.35. The number of fused-ring (bicyclic) bond motifs is 2. The molecular formula is C18H19ClN2S. The molecule has 0 fully saturated rings. The van der Waals surface area contributed by atoms with Crippen molar-refractivity contribution < 1.29 is 0 Å². The number of hydrogen-bond acceptors (Lipinski definition) is 3. The van der Waals surface area contributed by atoms with Gasteiger partial charge in [0.2, 0.25) is 0 Å². The number of thioether (sulfide) groups is 1. The highest BCUT2D eigenvalue weighted by Crippen LogP contribution is 2.42. The molecule has 3 N–H and O–H groups in total. The Morgan fingerprint density at radius 3 is 2.73 bits per heavy atom. The van der Waals surface area contributed by atoms with Crippen LogP contribution in [0.3, 0.4) is 0 Å². The number of nitrogens with one attached hydrogen (secondary N) is 1. The van der Waals surface area contributed by atoms with Crippen molar-refractivity contribution in [1.29, 1.82) is 0 Å². The first-order valence-electron chi connectivity index (χ1n) is 7.75. The summed E-state index contributed by atoms with van der Waals surface area (Å²) in [6.45, 7) is 0. The summed E-state index contributed by atoms with van der Waals surface area (Å²) in [5.74, 6) is 1.15. The summed E-state index contributed by atoms with van der Waals surface area (Å²) in [6, 6.07) is 15.6. The van der Waals surface area contributed by atoms with E-state index in [0.717, 1.165) is 23.6 Å². The smallest absolute Gasteiger partial charge is 0.0410 e. The maximum atomic E-state index is 6.30. The minimum absolute atomic E-state index is 0.144. The number of halogens is 1. The van der Waals surface area contributed by atoms with Gasteiger partial charge in [-0.15, -0.1) is 11.8 Å². The SMILES string of the molecule is NC1CC(NC2CCSc3ccc(Cl)cc32)c2ccccc21. The van der Waals surface area contributed by atoms with Crippen molar-refractivity contribution in [3.05, 3.63) is 64.2 Å². The van der Waals surface area contributed by atoms with Crippen molar-refractivity contribution in [3.63, 3.8) is 0 Å². The average Bonchev–Trinajstić information content (AvgIpc) is 2.85. The van der Waals surface area contributed by atoms with Crippen molar-refractivity contribution >= 4 is 23.4 Å². The van der Waals surface area contributed by atoms with Crippen molar-refractivity contribution in [3.8, 4) is 0 Å². The van der Waals surface area contributed by atoms with Gasteiger partial charge in [0.25, 0.3) is 0 Å². The summed E-state index contributed by atoms with van der Waals surface area (Å²) in [6.07, 6.45) is 2.10. The Balaban J connectivity index is 1.62. The van der Waals surface area contributed by atoms with E-state index in [0.29, 0.717) is 12.1 Å². The molecule has 0 saturated heterocycles. The fourth-order valence-electron chi connectivity index (χ4n) is 3.61. The van der Waals surface area contributed by atoms with Gasteiger partial charge in [0.1, 0.15) is 0 Å². The molecule has 2 nitrogen and oxygen atoms in total. The van der Waals surface area contributed by atoms with Gasteiger partial charge in [-0.1, -0.05) is 35.9 Å². The second-order valence-electron chi connectivity index (χ2n) is 6.06. The van der Waals surface area contributed by atoms with E-state index in [4.69, 9.17) is 17.3 Å². The highest BCUT2D eigenvalue weighted by atomic mass is 35.5. The van der Waals surface area contributed by atoms with E-state index in [9.17, 15) is 0 Å². The van der Waals surface area contributed by atoms with Crippen LogP contribution in [-0.4, -0.2) is 5.75 Å². The zero-order valence-corrected chi connectivity index (χ0v) is 13.8. The average molecular weight is 331 g/mol.